The molecule has 3 rings (SSSR count). The Morgan fingerprint density at radius 3 is 2.74 bits per heavy atom. The van der Waals surface area contributed by atoms with Crippen molar-refractivity contribution in [3.8, 4) is 0 Å². The van der Waals surface area contributed by atoms with E-state index in [1.54, 1.807) is 0 Å². The number of nitrogens with one attached hydrogen (secondary N) is 1. The summed E-state index contributed by atoms with van der Waals surface area (Å²) in [5.41, 5.74) is 8.28. The second-order valence-corrected chi connectivity index (χ2v) is 6.35. The summed E-state index contributed by atoms with van der Waals surface area (Å²) in [6, 6.07) is 1.88. The lowest BCUT2D eigenvalue weighted by atomic mass is 10.0. The summed E-state index contributed by atoms with van der Waals surface area (Å²) in [5, 5.41) is 7.69. The first-order valence-electron chi connectivity index (χ1n) is 7.79. The summed E-state index contributed by atoms with van der Waals surface area (Å²) in [4.78, 5) is 17.2. The van der Waals surface area contributed by atoms with Gasteiger partial charge in [-0.2, -0.15) is 0 Å². The molecule has 1 aliphatic rings. The predicted molar refractivity (Wildman–Crippen MR) is 90.9 cm³/mol. The van der Waals surface area contributed by atoms with Crippen LogP contribution >= 0.6 is 12.4 Å². The zero-order valence-corrected chi connectivity index (χ0v) is 14.4. The third-order valence-electron chi connectivity index (χ3n) is 4.23. The van der Waals surface area contributed by atoms with Crippen molar-refractivity contribution in [2.24, 2.45) is 11.7 Å². The number of aromatic nitrogens is 2. The van der Waals surface area contributed by atoms with Gasteiger partial charge in [-0.25, -0.2) is 4.98 Å². The van der Waals surface area contributed by atoms with Gasteiger partial charge in [-0.3, -0.25) is 4.79 Å². The lowest BCUT2D eigenvalue weighted by Crippen LogP contribution is -2.41. The van der Waals surface area contributed by atoms with Crippen LogP contribution in [0.1, 0.15) is 54.4 Å². The molecule has 1 unspecified atom stereocenters. The molecule has 7 heteroatoms. The van der Waals surface area contributed by atoms with Crippen LogP contribution in [-0.2, 0) is 0 Å². The van der Waals surface area contributed by atoms with Gasteiger partial charge in [-0.15, -0.1) is 12.4 Å². The van der Waals surface area contributed by atoms with Gasteiger partial charge < -0.3 is 15.6 Å². The van der Waals surface area contributed by atoms with Crippen molar-refractivity contribution >= 4 is 29.4 Å². The Bertz CT molecular complexity index is 709. The topological polar surface area (TPSA) is 94.0 Å². The van der Waals surface area contributed by atoms with Gasteiger partial charge in [0, 0.05) is 18.3 Å². The molecule has 2 aromatic rings. The van der Waals surface area contributed by atoms with Crippen LogP contribution in [-0.4, -0.2) is 28.6 Å². The molecule has 6 nitrogen and oxygen atoms in total. The van der Waals surface area contributed by atoms with Gasteiger partial charge in [-0.05, 0) is 37.7 Å². The SMILES string of the molecule is Cc1noc2nc(C(C)C)cc(C(=O)NC(CN)C3CC3)c12.Cl. The van der Waals surface area contributed by atoms with Crippen LogP contribution in [0.15, 0.2) is 10.6 Å². The molecular weight excluding hydrogens is 316 g/mol. The Balaban J connectivity index is 0.00000192. The molecule has 0 spiro atoms. The minimum atomic E-state index is -0.122. The molecule has 126 valence electrons. The molecule has 0 aromatic carbocycles. The van der Waals surface area contributed by atoms with E-state index in [1.807, 2.05) is 26.8 Å². The van der Waals surface area contributed by atoms with Crippen LogP contribution < -0.4 is 11.1 Å². The maximum Gasteiger partial charge on any atom is 0.259 e. The standard InChI is InChI=1S/C16H22N4O2.ClH/c1-8(2)12-6-11(14-9(3)20-22-16(14)19-12)15(21)18-13(7-17)10-4-5-10;/h6,8,10,13H,4-5,7,17H2,1-3H3,(H,18,21);1H. The van der Waals surface area contributed by atoms with Gasteiger partial charge in [0.05, 0.1) is 16.6 Å². The van der Waals surface area contributed by atoms with Gasteiger partial charge in [0.25, 0.3) is 11.6 Å². The third kappa shape index (κ3) is 3.48. The Labute approximate surface area is 141 Å². The predicted octanol–water partition coefficient (Wildman–Crippen LogP) is 2.54. The first-order valence-corrected chi connectivity index (χ1v) is 7.79. The molecule has 1 fully saturated rings. The van der Waals surface area contributed by atoms with Gasteiger partial charge in [0.1, 0.15) is 0 Å². The summed E-state index contributed by atoms with van der Waals surface area (Å²) in [7, 11) is 0. The summed E-state index contributed by atoms with van der Waals surface area (Å²) in [5.74, 6) is 0.595. The Kier molecular flexibility index (Phi) is 5.26. The molecule has 0 saturated heterocycles. The fourth-order valence-corrected chi connectivity index (χ4v) is 2.70. The number of hydrogen-bond acceptors (Lipinski definition) is 5. The van der Waals surface area contributed by atoms with Crippen molar-refractivity contribution in [2.75, 3.05) is 6.54 Å². The molecule has 2 heterocycles. The number of rotatable bonds is 5. The average Bonchev–Trinajstić information content (AvgIpc) is 3.27. The van der Waals surface area contributed by atoms with Gasteiger partial charge in [0.15, 0.2) is 0 Å². The van der Waals surface area contributed by atoms with Crippen LogP contribution in [0.4, 0.5) is 0 Å². The number of carbonyl (C=O) groups excluding carboxylic acids is 1. The van der Waals surface area contributed by atoms with E-state index in [0.29, 0.717) is 34.8 Å². The number of pyridine rings is 1. The van der Waals surface area contributed by atoms with Gasteiger partial charge >= 0.3 is 0 Å². The molecular formula is C16H23ClN4O2. The number of nitrogens with zero attached hydrogens (tertiary/aromatic N) is 2. The van der Waals surface area contributed by atoms with E-state index in [2.05, 4.69) is 15.5 Å². The first kappa shape index (κ1) is 17.7. The molecule has 0 aliphatic heterocycles. The number of fused-ring (bicyclic) bond motifs is 1. The highest BCUT2D eigenvalue weighted by Crippen LogP contribution is 2.32. The summed E-state index contributed by atoms with van der Waals surface area (Å²) >= 11 is 0. The summed E-state index contributed by atoms with van der Waals surface area (Å²) in [6.07, 6.45) is 2.27. The van der Waals surface area contributed by atoms with E-state index in [0.717, 1.165) is 18.5 Å². The minimum absolute atomic E-state index is 0. The highest BCUT2D eigenvalue weighted by molar-refractivity contribution is 6.06. The zero-order valence-electron chi connectivity index (χ0n) is 13.6. The largest absolute Gasteiger partial charge is 0.348 e. The lowest BCUT2D eigenvalue weighted by Gasteiger charge is -2.17. The van der Waals surface area contributed by atoms with E-state index in [-0.39, 0.29) is 30.3 Å². The minimum Gasteiger partial charge on any atom is -0.348 e. The van der Waals surface area contributed by atoms with Crippen LogP contribution in [0.3, 0.4) is 0 Å². The smallest absolute Gasteiger partial charge is 0.259 e. The average molecular weight is 339 g/mol. The van der Waals surface area contributed by atoms with Crippen molar-refractivity contribution in [3.05, 3.63) is 23.0 Å². The van der Waals surface area contributed by atoms with E-state index >= 15 is 0 Å². The number of aryl methyl sites for hydroxylation is 1. The van der Waals surface area contributed by atoms with Gasteiger partial charge in [-0.1, -0.05) is 19.0 Å². The first-order chi connectivity index (χ1) is 10.5. The fourth-order valence-electron chi connectivity index (χ4n) is 2.70. The fraction of sp³-hybridized carbons (Fsp3) is 0.562. The highest BCUT2D eigenvalue weighted by Gasteiger charge is 2.32. The zero-order chi connectivity index (χ0) is 15.9. The van der Waals surface area contributed by atoms with Crippen LogP contribution in [0.2, 0.25) is 0 Å². The van der Waals surface area contributed by atoms with E-state index in [1.165, 1.54) is 0 Å². The number of nitrogens with two attached hydrogens (primary N) is 1. The third-order valence-corrected chi connectivity index (χ3v) is 4.23. The number of halogens is 1. The van der Waals surface area contributed by atoms with Crippen molar-refractivity contribution in [1.82, 2.24) is 15.5 Å². The maximum absolute atomic E-state index is 12.7. The van der Waals surface area contributed by atoms with Crippen molar-refractivity contribution < 1.29 is 9.32 Å². The van der Waals surface area contributed by atoms with Crippen LogP contribution in [0.5, 0.6) is 0 Å². The molecule has 0 radical (unpaired) electrons. The van der Waals surface area contributed by atoms with Crippen molar-refractivity contribution in [2.45, 2.75) is 45.6 Å². The summed E-state index contributed by atoms with van der Waals surface area (Å²) in [6.45, 7) is 6.35. The normalized spacial score (nSPS) is 15.5. The molecule has 23 heavy (non-hydrogen) atoms. The van der Waals surface area contributed by atoms with E-state index < -0.39 is 0 Å². The molecule has 1 atom stereocenters. The molecule has 1 amide bonds. The molecule has 3 N–H and O–H groups in total. The molecule has 0 bridgehead atoms. The number of carbonyl (C=O) groups is 1. The Morgan fingerprint density at radius 1 is 1.48 bits per heavy atom. The number of hydrogen-bond donors (Lipinski definition) is 2. The Hall–Kier alpha value is -1.66. The second-order valence-electron chi connectivity index (χ2n) is 6.35. The van der Waals surface area contributed by atoms with Crippen molar-refractivity contribution in [1.29, 1.82) is 0 Å². The van der Waals surface area contributed by atoms with Crippen LogP contribution in [0, 0.1) is 12.8 Å². The number of amides is 1. The maximum atomic E-state index is 12.7. The quantitative estimate of drug-likeness (QED) is 0.873. The highest BCUT2D eigenvalue weighted by atomic mass is 35.5. The Morgan fingerprint density at radius 2 is 2.17 bits per heavy atom. The molecule has 2 aromatic heterocycles. The second kappa shape index (κ2) is 6.84. The van der Waals surface area contributed by atoms with E-state index in [9.17, 15) is 4.79 Å². The molecule has 1 saturated carbocycles. The van der Waals surface area contributed by atoms with Gasteiger partial charge in [0.2, 0.25) is 0 Å². The van der Waals surface area contributed by atoms with E-state index in [4.69, 9.17) is 10.3 Å². The summed E-state index contributed by atoms with van der Waals surface area (Å²) < 4.78 is 5.26. The van der Waals surface area contributed by atoms with Crippen molar-refractivity contribution in [3.63, 3.8) is 0 Å². The van der Waals surface area contributed by atoms with Crippen LogP contribution in [0.25, 0.3) is 11.1 Å². The monoisotopic (exact) mass is 338 g/mol. The lowest BCUT2D eigenvalue weighted by molar-refractivity contribution is 0.0935. The molecule has 1 aliphatic carbocycles.